The predicted octanol–water partition coefficient (Wildman–Crippen LogP) is 2.84. The second-order valence-electron chi connectivity index (χ2n) is 6.20. The van der Waals surface area contributed by atoms with Crippen molar-refractivity contribution in [3.63, 3.8) is 0 Å². The number of nitrogens with zero attached hydrogens (tertiary/aromatic N) is 1. The van der Waals surface area contributed by atoms with E-state index in [0.717, 1.165) is 4.90 Å². The highest BCUT2D eigenvalue weighted by molar-refractivity contribution is 6.23. The molecule has 1 atom stereocenters. The lowest BCUT2D eigenvalue weighted by Gasteiger charge is -2.19. The molecule has 1 saturated heterocycles. The van der Waals surface area contributed by atoms with E-state index in [2.05, 4.69) is 5.32 Å². The third-order valence-corrected chi connectivity index (χ3v) is 4.36. The van der Waals surface area contributed by atoms with E-state index in [0.29, 0.717) is 29.3 Å². The Morgan fingerprint density at radius 3 is 2.70 bits per heavy atom. The third kappa shape index (κ3) is 3.62. The molecule has 0 unspecified atom stereocenters. The van der Waals surface area contributed by atoms with Crippen molar-refractivity contribution in [2.75, 3.05) is 16.8 Å². The van der Waals surface area contributed by atoms with Gasteiger partial charge in [0.2, 0.25) is 5.91 Å². The van der Waals surface area contributed by atoms with Crippen molar-refractivity contribution in [1.29, 1.82) is 0 Å². The highest BCUT2D eigenvalue weighted by Crippen LogP contribution is 2.31. The van der Waals surface area contributed by atoms with Gasteiger partial charge in [-0.1, -0.05) is 18.2 Å². The first-order chi connectivity index (χ1) is 12.9. The Kier molecular flexibility index (Phi) is 5.12. The predicted molar refractivity (Wildman–Crippen MR) is 100 cm³/mol. The molecule has 0 radical (unpaired) electrons. The lowest BCUT2D eigenvalue weighted by molar-refractivity contribution is -0.121. The molecule has 1 aliphatic heterocycles. The first kappa shape index (κ1) is 18.4. The lowest BCUT2D eigenvalue weighted by atomic mass is 10.1. The van der Waals surface area contributed by atoms with E-state index in [1.807, 2.05) is 19.1 Å². The van der Waals surface area contributed by atoms with Crippen molar-refractivity contribution in [3.05, 3.63) is 53.6 Å². The number of hydrogen-bond acceptors (Lipinski definition) is 5. The zero-order valence-electron chi connectivity index (χ0n) is 15.1. The first-order valence-corrected chi connectivity index (χ1v) is 8.61. The molecule has 7 heteroatoms. The van der Waals surface area contributed by atoms with Crippen LogP contribution >= 0.6 is 0 Å². The van der Waals surface area contributed by atoms with Gasteiger partial charge in [0.1, 0.15) is 11.8 Å². The summed E-state index contributed by atoms with van der Waals surface area (Å²) < 4.78 is 5.54. The number of rotatable bonds is 6. The molecule has 2 amide bonds. The Balaban J connectivity index is 1.88. The molecular formula is C20H20N2O5. The second kappa shape index (κ2) is 7.49. The maximum Gasteiger partial charge on any atom is 0.335 e. The molecule has 140 valence electrons. The van der Waals surface area contributed by atoms with E-state index in [1.165, 1.54) is 12.1 Å². The van der Waals surface area contributed by atoms with Crippen molar-refractivity contribution >= 4 is 29.2 Å². The van der Waals surface area contributed by atoms with Gasteiger partial charge in [0.05, 0.1) is 30.0 Å². The number of amides is 2. The molecule has 1 fully saturated rings. The number of aryl methyl sites for hydroxylation is 1. The largest absolute Gasteiger partial charge is 0.492 e. The van der Waals surface area contributed by atoms with Gasteiger partial charge in [0.15, 0.2) is 0 Å². The highest BCUT2D eigenvalue weighted by Gasteiger charge is 2.40. The number of carbonyl (C=O) groups excluding carboxylic acids is 2. The normalized spacial score (nSPS) is 16.5. The summed E-state index contributed by atoms with van der Waals surface area (Å²) in [5, 5.41) is 12.3. The molecule has 27 heavy (non-hydrogen) atoms. The maximum absolute atomic E-state index is 12.9. The molecule has 1 aliphatic rings. The Bertz CT molecular complexity index is 909. The van der Waals surface area contributed by atoms with Gasteiger partial charge in [-0.05, 0) is 43.7 Å². The van der Waals surface area contributed by atoms with Crippen molar-refractivity contribution in [2.45, 2.75) is 26.3 Å². The van der Waals surface area contributed by atoms with Crippen molar-refractivity contribution < 1.29 is 24.2 Å². The van der Waals surface area contributed by atoms with Crippen LogP contribution in [-0.2, 0) is 9.59 Å². The van der Waals surface area contributed by atoms with Gasteiger partial charge in [-0.3, -0.25) is 9.59 Å². The molecule has 1 heterocycles. The number of imide groups is 1. The van der Waals surface area contributed by atoms with Crippen molar-refractivity contribution in [1.82, 2.24) is 0 Å². The average Bonchev–Trinajstić information content (AvgIpc) is 2.91. The summed E-state index contributed by atoms with van der Waals surface area (Å²) in [7, 11) is 0. The smallest absolute Gasteiger partial charge is 0.335 e. The van der Waals surface area contributed by atoms with Crippen LogP contribution in [0.1, 0.15) is 29.3 Å². The molecule has 0 bridgehead atoms. The fourth-order valence-corrected chi connectivity index (χ4v) is 3.04. The number of nitrogens with one attached hydrogen (secondary N) is 1. The number of carboxylic acid groups (broad SMARTS) is 1. The van der Waals surface area contributed by atoms with Crippen LogP contribution in [0.5, 0.6) is 5.75 Å². The summed E-state index contributed by atoms with van der Waals surface area (Å²) >= 11 is 0. The molecule has 3 rings (SSSR count). The monoisotopic (exact) mass is 368 g/mol. The molecule has 0 saturated carbocycles. The van der Waals surface area contributed by atoms with Crippen LogP contribution in [0, 0.1) is 6.92 Å². The summed E-state index contributed by atoms with van der Waals surface area (Å²) in [5.74, 6) is -1.31. The minimum absolute atomic E-state index is 0.0178. The molecule has 2 aromatic rings. The van der Waals surface area contributed by atoms with Crippen LogP contribution < -0.4 is 15.0 Å². The number of carbonyl (C=O) groups is 3. The summed E-state index contributed by atoms with van der Waals surface area (Å²) in [6, 6.07) is 10.8. The van der Waals surface area contributed by atoms with Crippen molar-refractivity contribution in [3.8, 4) is 5.75 Å². The number of aromatic carboxylic acids is 1. The molecule has 0 spiro atoms. The maximum atomic E-state index is 12.9. The van der Waals surface area contributed by atoms with Gasteiger partial charge in [-0.2, -0.15) is 0 Å². The van der Waals surface area contributed by atoms with Gasteiger partial charge >= 0.3 is 5.97 Å². The highest BCUT2D eigenvalue weighted by atomic mass is 16.5. The topological polar surface area (TPSA) is 95.9 Å². The minimum Gasteiger partial charge on any atom is -0.492 e. The minimum atomic E-state index is -1.12. The van der Waals surface area contributed by atoms with E-state index in [-0.39, 0.29) is 17.9 Å². The molecule has 2 N–H and O–H groups in total. The van der Waals surface area contributed by atoms with Crippen LogP contribution in [0.15, 0.2) is 42.5 Å². The van der Waals surface area contributed by atoms with Gasteiger partial charge in [-0.25, -0.2) is 9.69 Å². The number of carboxylic acids is 1. The van der Waals surface area contributed by atoms with E-state index in [4.69, 9.17) is 4.74 Å². The van der Waals surface area contributed by atoms with Gasteiger partial charge in [0.25, 0.3) is 5.91 Å². The molecule has 0 aliphatic carbocycles. The zero-order chi connectivity index (χ0) is 19.6. The van der Waals surface area contributed by atoms with Crippen LogP contribution in [0.2, 0.25) is 0 Å². The molecule has 2 aromatic carbocycles. The van der Waals surface area contributed by atoms with E-state index >= 15 is 0 Å². The molecule has 0 aromatic heterocycles. The molecule has 7 nitrogen and oxygen atoms in total. The lowest BCUT2D eigenvalue weighted by Crippen LogP contribution is -2.35. The fourth-order valence-electron chi connectivity index (χ4n) is 3.04. The average molecular weight is 368 g/mol. The Hall–Kier alpha value is -3.35. The number of anilines is 2. The summed E-state index contributed by atoms with van der Waals surface area (Å²) in [4.78, 5) is 37.7. The third-order valence-electron chi connectivity index (χ3n) is 4.36. The number of hydrogen-bond donors (Lipinski definition) is 2. The Morgan fingerprint density at radius 2 is 2.00 bits per heavy atom. The van der Waals surface area contributed by atoms with Gasteiger partial charge in [-0.15, -0.1) is 0 Å². The molecular weight excluding hydrogens is 348 g/mol. The standard InChI is InChI=1S/C20H20N2O5/c1-3-27-17-7-5-4-6-14(17)21-15-11-18(23)22(19(15)24)16-10-13(20(25)26)9-8-12(16)2/h4-10,15,21H,3,11H2,1-2H3,(H,25,26)/t15-/m1/s1. The summed E-state index contributed by atoms with van der Waals surface area (Å²) in [5.41, 5.74) is 1.60. The van der Waals surface area contributed by atoms with Crippen LogP contribution in [0.25, 0.3) is 0 Å². The van der Waals surface area contributed by atoms with Crippen LogP contribution in [-0.4, -0.2) is 35.5 Å². The van der Waals surface area contributed by atoms with E-state index in [1.54, 1.807) is 25.1 Å². The number of benzene rings is 2. The van der Waals surface area contributed by atoms with Gasteiger partial charge in [0, 0.05) is 0 Å². The quantitative estimate of drug-likeness (QED) is 0.761. The van der Waals surface area contributed by atoms with E-state index < -0.39 is 17.9 Å². The number of para-hydroxylation sites is 2. The zero-order valence-corrected chi connectivity index (χ0v) is 15.1. The fraction of sp³-hybridized carbons (Fsp3) is 0.250. The first-order valence-electron chi connectivity index (χ1n) is 8.61. The van der Waals surface area contributed by atoms with E-state index in [9.17, 15) is 19.5 Å². The van der Waals surface area contributed by atoms with Crippen LogP contribution in [0.3, 0.4) is 0 Å². The Labute approximate surface area is 156 Å². The summed E-state index contributed by atoms with van der Waals surface area (Å²) in [6.45, 7) is 4.07. The SMILES string of the molecule is CCOc1ccccc1N[C@@H]1CC(=O)N(c2cc(C(=O)O)ccc2C)C1=O. The summed E-state index contributed by atoms with van der Waals surface area (Å²) in [6.07, 6.45) is -0.0178. The van der Waals surface area contributed by atoms with Gasteiger partial charge < -0.3 is 15.2 Å². The van der Waals surface area contributed by atoms with Crippen molar-refractivity contribution in [2.24, 2.45) is 0 Å². The Morgan fingerprint density at radius 1 is 1.26 bits per heavy atom. The number of ether oxygens (including phenoxy) is 1. The second-order valence-corrected chi connectivity index (χ2v) is 6.20. The van der Waals surface area contributed by atoms with Crippen LogP contribution in [0.4, 0.5) is 11.4 Å².